The smallest absolute Gasteiger partial charge is 0.407 e. The number of carbonyl (C=O) groups excluding carboxylic acids is 1. The van der Waals surface area contributed by atoms with Gasteiger partial charge in [-0.1, -0.05) is 42.5 Å². The Labute approximate surface area is 147 Å². The zero-order chi connectivity index (χ0) is 17.4. The van der Waals surface area contributed by atoms with Crippen molar-refractivity contribution in [2.45, 2.75) is 13.0 Å². The van der Waals surface area contributed by atoms with Crippen molar-refractivity contribution < 1.29 is 18.3 Å². The quantitative estimate of drug-likeness (QED) is 0.548. The monoisotopic (exact) mass is 395 g/mol. The molecule has 3 nitrogen and oxygen atoms in total. The second kappa shape index (κ2) is 9.17. The van der Waals surface area contributed by atoms with Crippen molar-refractivity contribution in [3.63, 3.8) is 0 Å². The lowest BCUT2D eigenvalue weighted by molar-refractivity contribution is 0.140. The van der Waals surface area contributed by atoms with Crippen molar-refractivity contribution >= 4 is 28.1 Å². The first-order valence-corrected chi connectivity index (χ1v) is 8.11. The van der Waals surface area contributed by atoms with Crippen LogP contribution < -0.4 is 5.32 Å². The van der Waals surface area contributed by atoms with Crippen molar-refractivity contribution in [1.29, 1.82) is 0 Å². The lowest BCUT2D eigenvalue weighted by Crippen LogP contribution is -2.24. The van der Waals surface area contributed by atoms with E-state index >= 15 is 0 Å². The largest absolute Gasteiger partial charge is 0.445 e. The van der Waals surface area contributed by atoms with Crippen LogP contribution in [0.15, 0.2) is 53.0 Å². The van der Waals surface area contributed by atoms with E-state index in [0.29, 0.717) is 13.0 Å². The Balaban J connectivity index is 1.70. The second-order valence-corrected chi connectivity index (χ2v) is 5.82. The Bertz CT molecular complexity index is 720. The molecule has 0 radical (unpaired) electrons. The molecule has 2 aromatic carbocycles. The summed E-state index contributed by atoms with van der Waals surface area (Å²) in [5.41, 5.74) is 1.06. The third-order valence-corrected chi connectivity index (χ3v) is 3.74. The molecule has 0 saturated heterocycles. The van der Waals surface area contributed by atoms with E-state index in [0.717, 1.165) is 17.7 Å². The Morgan fingerprint density at radius 1 is 1.17 bits per heavy atom. The maximum absolute atomic E-state index is 13.6. The average molecular weight is 396 g/mol. The molecule has 0 bridgehead atoms. The molecule has 0 aliphatic carbocycles. The van der Waals surface area contributed by atoms with Gasteiger partial charge in [-0.3, -0.25) is 0 Å². The summed E-state index contributed by atoms with van der Waals surface area (Å²) in [5.74, 6) is -1.05. The van der Waals surface area contributed by atoms with Crippen LogP contribution in [0.1, 0.15) is 17.5 Å². The van der Waals surface area contributed by atoms with Crippen molar-refractivity contribution in [2.75, 3.05) is 6.54 Å². The van der Waals surface area contributed by atoms with E-state index in [2.05, 4.69) is 21.2 Å². The van der Waals surface area contributed by atoms with Gasteiger partial charge in [-0.05, 0) is 40.0 Å². The summed E-state index contributed by atoms with van der Waals surface area (Å²) < 4.78 is 32.1. The van der Waals surface area contributed by atoms with Crippen LogP contribution in [0, 0.1) is 11.6 Å². The van der Waals surface area contributed by atoms with Crippen LogP contribution in [0.2, 0.25) is 0 Å². The predicted octanol–water partition coefficient (Wildman–Crippen LogP) is 5.06. The molecule has 2 aromatic rings. The Kier molecular flexibility index (Phi) is 6.93. The molecule has 0 unspecified atom stereocenters. The van der Waals surface area contributed by atoms with Crippen LogP contribution in [0.4, 0.5) is 13.6 Å². The molecule has 0 atom stereocenters. The first-order valence-electron chi connectivity index (χ1n) is 7.32. The van der Waals surface area contributed by atoms with Gasteiger partial charge >= 0.3 is 6.09 Å². The van der Waals surface area contributed by atoms with Crippen molar-refractivity contribution in [3.05, 3.63) is 75.8 Å². The van der Waals surface area contributed by atoms with Crippen LogP contribution in [-0.2, 0) is 11.3 Å². The fourth-order valence-electron chi connectivity index (χ4n) is 1.91. The summed E-state index contributed by atoms with van der Waals surface area (Å²) >= 11 is 2.92. The Morgan fingerprint density at radius 2 is 1.92 bits per heavy atom. The lowest BCUT2D eigenvalue weighted by Gasteiger charge is -2.06. The zero-order valence-electron chi connectivity index (χ0n) is 12.8. The average Bonchev–Trinajstić information content (AvgIpc) is 2.58. The molecular formula is C18H16BrF2NO2. The van der Waals surface area contributed by atoms with Gasteiger partial charge in [0.05, 0.1) is 4.47 Å². The summed E-state index contributed by atoms with van der Waals surface area (Å²) in [7, 11) is 0. The fraction of sp³-hybridized carbons (Fsp3) is 0.167. The van der Waals surface area contributed by atoms with E-state index in [9.17, 15) is 13.6 Å². The van der Waals surface area contributed by atoms with Gasteiger partial charge in [0.2, 0.25) is 0 Å². The summed E-state index contributed by atoms with van der Waals surface area (Å²) in [4.78, 5) is 11.5. The van der Waals surface area contributed by atoms with Gasteiger partial charge in [0.1, 0.15) is 18.2 Å². The fourth-order valence-corrected chi connectivity index (χ4v) is 2.22. The number of amides is 1. The summed E-state index contributed by atoms with van der Waals surface area (Å²) in [6, 6.07) is 11.5. The molecule has 6 heteroatoms. The Hall–Kier alpha value is -2.21. The highest BCUT2D eigenvalue weighted by molar-refractivity contribution is 9.10. The van der Waals surface area contributed by atoms with E-state index in [4.69, 9.17) is 4.74 Å². The van der Waals surface area contributed by atoms with Gasteiger partial charge in [0, 0.05) is 12.1 Å². The Morgan fingerprint density at radius 3 is 2.67 bits per heavy atom. The van der Waals surface area contributed by atoms with E-state index < -0.39 is 17.7 Å². The number of hydrogen-bond acceptors (Lipinski definition) is 2. The van der Waals surface area contributed by atoms with Gasteiger partial charge in [-0.15, -0.1) is 0 Å². The number of alkyl carbamates (subject to hydrolysis) is 1. The number of ether oxygens (including phenoxy) is 1. The highest BCUT2D eigenvalue weighted by Crippen LogP contribution is 2.20. The molecule has 1 N–H and O–H groups in total. The van der Waals surface area contributed by atoms with Gasteiger partial charge in [-0.25, -0.2) is 13.6 Å². The molecule has 0 spiro atoms. The minimum atomic E-state index is -0.529. The van der Waals surface area contributed by atoms with Crippen LogP contribution >= 0.6 is 15.9 Å². The van der Waals surface area contributed by atoms with Crippen LogP contribution in [0.25, 0.3) is 6.08 Å². The lowest BCUT2D eigenvalue weighted by atomic mass is 10.2. The molecule has 0 aromatic heterocycles. The van der Waals surface area contributed by atoms with Crippen molar-refractivity contribution in [2.24, 2.45) is 0 Å². The summed E-state index contributed by atoms with van der Waals surface area (Å²) in [6.07, 6.45) is 3.08. The third kappa shape index (κ3) is 5.77. The number of benzene rings is 2. The molecular weight excluding hydrogens is 380 g/mol. The molecule has 2 rings (SSSR count). The molecule has 0 saturated carbocycles. The molecule has 0 fully saturated rings. The molecule has 0 aliphatic heterocycles. The third-order valence-electron chi connectivity index (χ3n) is 3.13. The van der Waals surface area contributed by atoms with E-state index in [-0.39, 0.29) is 16.6 Å². The van der Waals surface area contributed by atoms with E-state index in [1.165, 1.54) is 6.08 Å². The minimum absolute atomic E-state index is 0.0833. The predicted molar refractivity (Wildman–Crippen MR) is 92.3 cm³/mol. The summed E-state index contributed by atoms with van der Waals surface area (Å²) in [6.45, 7) is 0.538. The van der Waals surface area contributed by atoms with E-state index in [1.54, 1.807) is 6.08 Å². The van der Waals surface area contributed by atoms with Crippen LogP contribution in [0.3, 0.4) is 0 Å². The highest BCUT2D eigenvalue weighted by atomic mass is 79.9. The highest BCUT2D eigenvalue weighted by Gasteiger charge is 2.05. The maximum atomic E-state index is 13.6. The van der Waals surface area contributed by atoms with Crippen LogP contribution in [0.5, 0.6) is 0 Å². The molecule has 24 heavy (non-hydrogen) atoms. The number of carbonyl (C=O) groups is 1. The SMILES string of the molecule is O=C(NCCC=Cc1cc(F)c(Br)cc1F)OCc1ccccc1. The molecule has 0 heterocycles. The van der Waals surface area contributed by atoms with Gasteiger partial charge in [-0.2, -0.15) is 0 Å². The normalized spacial score (nSPS) is 10.8. The van der Waals surface area contributed by atoms with Gasteiger partial charge in [0.25, 0.3) is 0 Å². The van der Waals surface area contributed by atoms with Gasteiger partial charge < -0.3 is 10.1 Å². The number of nitrogens with one attached hydrogen (secondary N) is 1. The second-order valence-electron chi connectivity index (χ2n) is 4.97. The molecule has 126 valence electrons. The maximum Gasteiger partial charge on any atom is 0.407 e. The number of hydrogen-bond donors (Lipinski definition) is 1. The van der Waals surface area contributed by atoms with Crippen LogP contribution in [-0.4, -0.2) is 12.6 Å². The van der Waals surface area contributed by atoms with Crippen molar-refractivity contribution in [1.82, 2.24) is 5.32 Å². The molecule has 1 amide bonds. The topological polar surface area (TPSA) is 38.3 Å². The van der Waals surface area contributed by atoms with Crippen molar-refractivity contribution in [3.8, 4) is 0 Å². The van der Waals surface area contributed by atoms with Gasteiger partial charge in [0.15, 0.2) is 0 Å². The van der Waals surface area contributed by atoms with E-state index in [1.807, 2.05) is 30.3 Å². The standard InChI is InChI=1S/C18H16BrF2NO2/c19-15-11-16(20)14(10-17(15)21)8-4-5-9-22-18(23)24-12-13-6-2-1-3-7-13/h1-4,6-8,10-11H,5,9,12H2,(H,22,23). The first-order chi connectivity index (χ1) is 11.6. The summed E-state index contributed by atoms with van der Waals surface area (Å²) in [5, 5.41) is 2.59. The zero-order valence-corrected chi connectivity index (χ0v) is 14.4. The minimum Gasteiger partial charge on any atom is -0.445 e. The first kappa shape index (κ1) is 18.1. The molecule has 0 aliphatic rings. The number of halogens is 3. The number of rotatable bonds is 6.